The molecule has 136 valence electrons. The van der Waals surface area contributed by atoms with Crippen molar-refractivity contribution < 1.29 is 23.0 Å². The van der Waals surface area contributed by atoms with Gasteiger partial charge in [0.05, 0.1) is 37.9 Å². The van der Waals surface area contributed by atoms with Gasteiger partial charge in [-0.25, -0.2) is 8.42 Å². The summed E-state index contributed by atoms with van der Waals surface area (Å²) in [6, 6.07) is 14.7. The van der Waals surface area contributed by atoms with Crippen LogP contribution in [-0.4, -0.2) is 39.1 Å². The first kappa shape index (κ1) is 19.4. The average molecular weight is 364 g/mol. The number of aliphatic hydroxyl groups is 1. The molecular formula is C19H24O5S. The normalized spacial score (nSPS) is 12.8. The van der Waals surface area contributed by atoms with E-state index in [0.717, 1.165) is 22.4 Å². The highest BCUT2D eigenvalue weighted by molar-refractivity contribution is 7.90. The first-order valence-electron chi connectivity index (χ1n) is 8.02. The fraction of sp³-hybridized carbons (Fsp3) is 0.368. The third-order valence-corrected chi connectivity index (χ3v) is 5.36. The highest BCUT2D eigenvalue weighted by Gasteiger charge is 2.18. The van der Waals surface area contributed by atoms with E-state index in [1.54, 1.807) is 19.2 Å². The first-order valence-corrected chi connectivity index (χ1v) is 9.85. The van der Waals surface area contributed by atoms with Crippen molar-refractivity contribution in [3.8, 4) is 5.75 Å². The Labute approximate surface area is 149 Å². The molecule has 1 atom stereocenters. The Morgan fingerprint density at radius 1 is 1.00 bits per heavy atom. The van der Waals surface area contributed by atoms with Crippen LogP contribution in [-0.2, 0) is 26.9 Å². The summed E-state index contributed by atoms with van der Waals surface area (Å²) in [4.78, 5) is 0. The molecule has 5 nitrogen and oxygen atoms in total. The van der Waals surface area contributed by atoms with E-state index in [1.165, 1.54) is 0 Å². The molecule has 0 spiro atoms. The molecule has 0 aliphatic heterocycles. The summed E-state index contributed by atoms with van der Waals surface area (Å²) in [5, 5.41) is 9.94. The van der Waals surface area contributed by atoms with E-state index in [0.29, 0.717) is 6.61 Å². The van der Waals surface area contributed by atoms with Crippen molar-refractivity contribution >= 4 is 9.84 Å². The highest BCUT2D eigenvalue weighted by Crippen LogP contribution is 2.13. The lowest BCUT2D eigenvalue weighted by atomic mass is 10.2. The smallest absolute Gasteiger partial charge is 0.157 e. The van der Waals surface area contributed by atoms with Crippen LogP contribution in [0.5, 0.6) is 5.75 Å². The van der Waals surface area contributed by atoms with Crippen LogP contribution in [0.4, 0.5) is 0 Å². The van der Waals surface area contributed by atoms with Crippen LogP contribution in [0, 0.1) is 6.92 Å². The Balaban J connectivity index is 1.78. The maximum Gasteiger partial charge on any atom is 0.157 e. The van der Waals surface area contributed by atoms with Crippen molar-refractivity contribution in [1.29, 1.82) is 0 Å². The van der Waals surface area contributed by atoms with Gasteiger partial charge in [0.1, 0.15) is 5.75 Å². The Morgan fingerprint density at radius 2 is 1.60 bits per heavy atom. The molecule has 0 radical (unpaired) electrons. The second-order valence-electron chi connectivity index (χ2n) is 6.06. The van der Waals surface area contributed by atoms with Gasteiger partial charge in [-0.15, -0.1) is 0 Å². The molecule has 25 heavy (non-hydrogen) atoms. The molecule has 0 aliphatic rings. The summed E-state index contributed by atoms with van der Waals surface area (Å²) in [7, 11) is -1.80. The maximum absolute atomic E-state index is 12.2. The monoisotopic (exact) mass is 364 g/mol. The van der Waals surface area contributed by atoms with Crippen LogP contribution in [0.1, 0.15) is 16.7 Å². The summed E-state index contributed by atoms with van der Waals surface area (Å²) in [6.07, 6.45) is -1.05. The number of aliphatic hydroxyl groups excluding tert-OH is 1. The Bertz CT molecular complexity index is 751. The summed E-state index contributed by atoms with van der Waals surface area (Å²) >= 11 is 0. The van der Waals surface area contributed by atoms with Crippen LogP contribution in [0.3, 0.4) is 0 Å². The van der Waals surface area contributed by atoms with Crippen molar-refractivity contribution in [3.63, 3.8) is 0 Å². The Kier molecular flexibility index (Phi) is 6.99. The lowest BCUT2D eigenvalue weighted by Crippen LogP contribution is -2.26. The van der Waals surface area contributed by atoms with Gasteiger partial charge < -0.3 is 14.6 Å². The number of rotatable bonds is 9. The lowest BCUT2D eigenvalue weighted by Gasteiger charge is -2.12. The van der Waals surface area contributed by atoms with E-state index in [1.807, 2.05) is 43.3 Å². The zero-order chi connectivity index (χ0) is 18.3. The first-order chi connectivity index (χ1) is 11.9. The van der Waals surface area contributed by atoms with E-state index < -0.39 is 15.9 Å². The number of ether oxygens (including phenoxy) is 2. The molecule has 0 saturated heterocycles. The molecule has 2 rings (SSSR count). The predicted octanol–water partition coefficient (Wildman–Crippen LogP) is 2.50. The molecule has 0 heterocycles. The van der Waals surface area contributed by atoms with E-state index in [4.69, 9.17) is 9.47 Å². The molecular weight excluding hydrogens is 340 g/mol. The third kappa shape index (κ3) is 6.86. The van der Waals surface area contributed by atoms with Gasteiger partial charge in [0.25, 0.3) is 0 Å². The van der Waals surface area contributed by atoms with Crippen LogP contribution < -0.4 is 4.74 Å². The van der Waals surface area contributed by atoms with Crippen molar-refractivity contribution in [2.45, 2.75) is 25.4 Å². The molecule has 6 heteroatoms. The zero-order valence-corrected chi connectivity index (χ0v) is 15.3. The molecule has 0 aliphatic carbocycles. The van der Waals surface area contributed by atoms with Gasteiger partial charge in [-0.2, -0.15) is 0 Å². The summed E-state index contributed by atoms with van der Waals surface area (Å²) < 4.78 is 34.8. The van der Waals surface area contributed by atoms with E-state index >= 15 is 0 Å². The highest BCUT2D eigenvalue weighted by atomic mass is 32.2. The molecule has 0 fully saturated rings. The minimum absolute atomic E-state index is 0.0286. The number of hydrogen-bond donors (Lipinski definition) is 1. The van der Waals surface area contributed by atoms with E-state index in [9.17, 15) is 13.5 Å². The van der Waals surface area contributed by atoms with Gasteiger partial charge in [0, 0.05) is 0 Å². The van der Waals surface area contributed by atoms with Gasteiger partial charge in [0.2, 0.25) is 0 Å². The van der Waals surface area contributed by atoms with Crippen LogP contribution in [0.25, 0.3) is 0 Å². The minimum Gasteiger partial charge on any atom is -0.497 e. The quantitative estimate of drug-likeness (QED) is 0.740. The molecule has 0 aromatic heterocycles. The number of aryl methyl sites for hydroxylation is 1. The van der Waals surface area contributed by atoms with Crippen molar-refractivity contribution in [1.82, 2.24) is 0 Å². The SMILES string of the molecule is COc1ccc(COC[C@@H](O)CS(=O)(=O)Cc2ccc(C)cc2)cc1. The largest absolute Gasteiger partial charge is 0.497 e. The molecule has 1 N–H and O–H groups in total. The van der Waals surface area contributed by atoms with Gasteiger partial charge in [-0.3, -0.25) is 0 Å². The lowest BCUT2D eigenvalue weighted by molar-refractivity contribution is 0.0390. The molecule has 0 amide bonds. The average Bonchev–Trinajstić information content (AvgIpc) is 2.57. The fourth-order valence-electron chi connectivity index (χ4n) is 2.37. The predicted molar refractivity (Wildman–Crippen MR) is 97.3 cm³/mol. The number of sulfone groups is 1. The Hall–Kier alpha value is -1.89. The van der Waals surface area contributed by atoms with Gasteiger partial charge in [-0.1, -0.05) is 42.0 Å². The zero-order valence-electron chi connectivity index (χ0n) is 14.5. The number of benzene rings is 2. The third-order valence-electron chi connectivity index (χ3n) is 3.69. The fourth-order valence-corrected chi connectivity index (χ4v) is 3.87. The summed E-state index contributed by atoms with van der Waals surface area (Å²) in [5.41, 5.74) is 2.72. The van der Waals surface area contributed by atoms with E-state index in [2.05, 4.69) is 0 Å². The maximum atomic E-state index is 12.2. The van der Waals surface area contributed by atoms with E-state index in [-0.39, 0.29) is 18.1 Å². The molecule has 0 bridgehead atoms. The number of hydrogen-bond acceptors (Lipinski definition) is 5. The van der Waals surface area contributed by atoms with Crippen molar-refractivity contribution in [2.75, 3.05) is 19.5 Å². The van der Waals surface area contributed by atoms with Gasteiger partial charge in [-0.05, 0) is 30.2 Å². The van der Waals surface area contributed by atoms with Gasteiger partial charge in [0.15, 0.2) is 9.84 Å². The number of methoxy groups -OCH3 is 1. The summed E-state index contributed by atoms with van der Waals surface area (Å²) in [6.45, 7) is 2.22. The molecule has 0 saturated carbocycles. The second-order valence-corrected chi connectivity index (χ2v) is 8.17. The molecule has 0 unspecified atom stereocenters. The van der Waals surface area contributed by atoms with Crippen LogP contribution >= 0.6 is 0 Å². The minimum atomic E-state index is -3.40. The molecule has 2 aromatic carbocycles. The summed E-state index contributed by atoms with van der Waals surface area (Å²) in [5.74, 6) is 0.359. The Morgan fingerprint density at radius 3 is 2.20 bits per heavy atom. The molecule has 2 aromatic rings. The second kappa shape index (κ2) is 8.99. The van der Waals surface area contributed by atoms with Crippen molar-refractivity contribution in [3.05, 3.63) is 65.2 Å². The van der Waals surface area contributed by atoms with Gasteiger partial charge >= 0.3 is 0 Å². The topological polar surface area (TPSA) is 72.8 Å². The van der Waals surface area contributed by atoms with Crippen LogP contribution in [0.15, 0.2) is 48.5 Å². The standard InChI is InChI=1S/C19H24O5S/c1-15-3-5-17(6-4-15)13-25(21,22)14-18(20)12-24-11-16-7-9-19(23-2)10-8-16/h3-10,18,20H,11-14H2,1-2H3/t18-/m1/s1. The van der Waals surface area contributed by atoms with Crippen LogP contribution in [0.2, 0.25) is 0 Å². The van der Waals surface area contributed by atoms with Crippen molar-refractivity contribution in [2.24, 2.45) is 0 Å².